The second-order valence-corrected chi connectivity index (χ2v) is 6.95. The first kappa shape index (κ1) is 17.1. The number of phenolic OH excluding ortho intramolecular Hbond substituents is 1. The molecule has 0 radical (unpaired) electrons. The minimum atomic E-state index is -4.39. The number of azo groups is 1. The summed E-state index contributed by atoms with van der Waals surface area (Å²) >= 11 is 0. The largest absolute Gasteiger partial charge is 0.506 e. The predicted molar refractivity (Wildman–Crippen MR) is 87.1 cm³/mol. The Morgan fingerprint density at radius 1 is 1.04 bits per heavy atom. The summed E-state index contributed by atoms with van der Waals surface area (Å²) in [4.78, 5) is -0.332. The average Bonchev–Trinajstić information content (AvgIpc) is 2.46. The highest BCUT2D eigenvalue weighted by atomic mass is 32.2. The molecule has 0 bridgehead atoms. The van der Waals surface area contributed by atoms with Crippen LogP contribution in [0.3, 0.4) is 0 Å². The van der Waals surface area contributed by atoms with Gasteiger partial charge in [-0.3, -0.25) is 4.55 Å². The molecule has 2 N–H and O–H groups in total. The molecular formula is C16H18N2O4S. The Labute approximate surface area is 135 Å². The van der Waals surface area contributed by atoms with Crippen LogP contribution in [0.5, 0.6) is 5.75 Å². The molecule has 0 aliphatic heterocycles. The van der Waals surface area contributed by atoms with Gasteiger partial charge in [0.2, 0.25) is 0 Å². The van der Waals surface area contributed by atoms with Gasteiger partial charge in [0.05, 0.1) is 0 Å². The maximum atomic E-state index is 11.3. The minimum Gasteiger partial charge on any atom is -0.506 e. The van der Waals surface area contributed by atoms with Gasteiger partial charge in [0, 0.05) is 0 Å². The quantitative estimate of drug-likeness (QED) is 0.630. The smallest absolute Gasteiger partial charge is 0.296 e. The lowest BCUT2D eigenvalue weighted by molar-refractivity contribution is 0.476. The van der Waals surface area contributed by atoms with Crippen LogP contribution in [0, 0.1) is 5.92 Å². The Bertz CT molecular complexity index is 830. The molecule has 0 saturated carbocycles. The Morgan fingerprint density at radius 2 is 1.70 bits per heavy atom. The summed E-state index contributed by atoms with van der Waals surface area (Å²) in [6.07, 6.45) is 0.824. The van der Waals surface area contributed by atoms with E-state index in [2.05, 4.69) is 24.1 Å². The molecule has 0 spiro atoms. The summed E-state index contributed by atoms with van der Waals surface area (Å²) in [7, 11) is -4.39. The van der Waals surface area contributed by atoms with Crippen molar-refractivity contribution in [1.29, 1.82) is 0 Å². The Balaban J connectivity index is 2.38. The van der Waals surface area contributed by atoms with Crippen LogP contribution in [0.25, 0.3) is 0 Å². The lowest BCUT2D eigenvalue weighted by Crippen LogP contribution is -1.97. The maximum absolute atomic E-state index is 11.3. The van der Waals surface area contributed by atoms with Gasteiger partial charge < -0.3 is 5.11 Å². The van der Waals surface area contributed by atoms with Crippen LogP contribution in [-0.2, 0) is 16.5 Å². The number of rotatable bonds is 5. The monoisotopic (exact) mass is 334 g/mol. The molecule has 0 heterocycles. The van der Waals surface area contributed by atoms with Crippen molar-refractivity contribution >= 4 is 21.5 Å². The van der Waals surface area contributed by atoms with E-state index in [0.717, 1.165) is 12.0 Å². The number of hydrogen-bond acceptors (Lipinski definition) is 5. The molecule has 0 amide bonds. The molecule has 0 aromatic heterocycles. The number of hydrogen-bond donors (Lipinski definition) is 2. The van der Waals surface area contributed by atoms with Crippen LogP contribution < -0.4 is 0 Å². The topological polar surface area (TPSA) is 99.3 Å². The zero-order valence-corrected chi connectivity index (χ0v) is 13.7. The van der Waals surface area contributed by atoms with Crippen molar-refractivity contribution in [3.05, 3.63) is 48.0 Å². The Kier molecular flexibility index (Phi) is 5.12. The molecule has 2 aromatic rings. The lowest BCUT2D eigenvalue weighted by Gasteiger charge is -2.06. The summed E-state index contributed by atoms with van der Waals surface area (Å²) in [6.45, 7) is 4.16. The molecule has 0 saturated heterocycles. The molecule has 0 atom stereocenters. The highest BCUT2D eigenvalue weighted by Gasteiger charge is 2.14. The lowest BCUT2D eigenvalue weighted by atomic mass is 10.0. The van der Waals surface area contributed by atoms with E-state index >= 15 is 0 Å². The Hall–Kier alpha value is -2.25. The number of phenols is 1. The highest BCUT2D eigenvalue weighted by Crippen LogP contribution is 2.31. The molecule has 0 fully saturated rings. The second-order valence-electron chi connectivity index (χ2n) is 5.56. The summed E-state index contributed by atoms with van der Waals surface area (Å²) in [6, 6.07) is 10.7. The van der Waals surface area contributed by atoms with Gasteiger partial charge in [-0.1, -0.05) is 32.0 Å². The van der Waals surface area contributed by atoms with Crippen molar-refractivity contribution in [3.8, 4) is 5.75 Å². The molecule has 0 aliphatic rings. The fourth-order valence-corrected chi connectivity index (χ4v) is 2.74. The molecule has 122 valence electrons. The molecule has 7 heteroatoms. The van der Waals surface area contributed by atoms with Crippen LogP contribution in [-0.4, -0.2) is 18.1 Å². The Morgan fingerprint density at radius 3 is 2.35 bits per heavy atom. The van der Waals surface area contributed by atoms with Crippen LogP contribution in [0.2, 0.25) is 0 Å². The maximum Gasteiger partial charge on any atom is 0.296 e. The van der Waals surface area contributed by atoms with Crippen LogP contribution >= 0.6 is 0 Å². The van der Waals surface area contributed by atoms with Crippen LogP contribution in [0.4, 0.5) is 11.4 Å². The first-order valence-corrected chi connectivity index (χ1v) is 8.51. The van der Waals surface area contributed by atoms with E-state index in [1.807, 2.05) is 0 Å². The summed E-state index contributed by atoms with van der Waals surface area (Å²) < 4.78 is 31.8. The highest BCUT2D eigenvalue weighted by molar-refractivity contribution is 7.86. The molecule has 0 aliphatic carbocycles. The predicted octanol–water partition coefficient (Wildman–Crippen LogP) is 4.25. The molecular weight excluding hydrogens is 316 g/mol. The molecule has 2 aromatic carbocycles. The third-order valence-corrected chi connectivity index (χ3v) is 3.99. The zero-order chi connectivity index (χ0) is 17.0. The van der Waals surface area contributed by atoms with E-state index in [1.54, 1.807) is 18.2 Å². The van der Waals surface area contributed by atoms with Gasteiger partial charge in [-0.05, 0) is 42.2 Å². The van der Waals surface area contributed by atoms with Gasteiger partial charge in [-0.15, -0.1) is 10.2 Å². The van der Waals surface area contributed by atoms with Crippen LogP contribution in [0.15, 0.2) is 57.6 Å². The van der Waals surface area contributed by atoms with E-state index in [-0.39, 0.29) is 22.0 Å². The third kappa shape index (κ3) is 4.61. The minimum absolute atomic E-state index is 0.00339. The van der Waals surface area contributed by atoms with Crippen molar-refractivity contribution in [2.45, 2.75) is 25.2 Å². The summed E-state index contributed by atoms with van der Waals surface area (Å²) in [5, 5.41) is 17.6. The van der Waals surface area contributed by atoms with Gasteiger partial charge in [-0.25, -0.2) is 0 Å². The van der Waals surface area contributed by atoms with Gasteiger partial charge in [0.15, 0.2) is 0 Å². The molecule has 6 nitrogen and oxygen atoms in total. The summed E-state index contributed by atoms with van der Waals surface area (Å²) in [5.74, 6) is 0.398. The van der Waals surface area contributed by atoms with E-state index < -0.39 is 10.1 Å². The van der Waals surface area contributed by atoms with Crippen molar-refractivity contribution < 1.29 is 18.1 Å². The number of aromatic hydroxyl groups is 1. The normalized spacial score (nSPS) is 12.2. The first-order chi connectivity index (χ1) is 10.8. The second kappa shape index (κ2) is 6.89. The first-order valence-electron chi connectivity index (χ1n) is 7.07. The average molecular weight is 334 g/mol. The molecule has 0 unspecified atom stereocenters. The third-order valence-electron chi connectivity index (χ3n) is 3.09. The van der Waals surface area contributed by atoms with Crippen LogP contribution in [0.1, 0.15) is 19.4 Å². The molecule has 23 heavy (non-hydrogen) atoms. The van der Waals surface area contributed by atoms with E-state index in [4.69, 9.17) is 0 Å². The fraction of sp³-hybridized carbons (Fsp3) is 0.250. The SMILES string of the molecule is CC(C)Cc1ccc(O)c(N=Nc2ccccc2S(=O)(=O)O)c1. The van der Waals surface area contributed by atoms with Gasteiger partial charge in [-0.2, -0.15) is 8.42 Å². The van der Waals surface area contributed by atoms with E-state index in [0.29, 0.717) is 5.92 Å². The van der Waals surface area contributed by atoms with E-state index in [1.165, 1.54) is 24.3 Å². The van der Waals surface area contributed by atoms with Crippen molar-refractivity contribution in [1.82, 2.24) is 0 Å². The van der Waals surface area contributed by atoms with Crippen molar-refractivity contribution in [3.63, 3.8) is 0 Å². The molecule has 2 rings (SSSR count). The number of benzene rings is 2. The number of nitrogens with zero attached hydrogens (tertiary/aromatic N) is 2. The van der Waals surface area contributed by atoms with Gasteiger partial charge in [0.1, 0.15) is 22.0 Å². The van der Waals surface area contributed by atoms with Crippen molar-refractivity contribution in [2.75, 3.05) is 0 Å². The van der Waals surface area contributed by atoms with Crippen molar-refractivity contribution in [2.24, 2.45) is 16.1 Å². The van der Waals surface area contributed by atoms with Gasteiger partial charge in [0.25, 0.3) is 10.1 Å². The standard InChI is InChI=1S/C16H18N2O4S/c1-11(2)9-12-7-8-15(19)14(10-12)18-17-13-5-3-4-6-16(13)23(20,21)22/h3-8,10-11,19H,9H2,1-2H3,(H,20,21,22). The fourth-order valence-electron chi connectivity index (χ4n) is 2.11. The van der Waals surface area contributed by atoms with Gasteiger partial charge >= 0.3 is 0 Å². The zero-order valence-electron chi connectivity index (χ0n) is 12.8. The van der Waals surface area contributed by atoms with E-state index in [9.17, 15) is 18.1 Å². The summed E-state index contributed by atoms with van der Waals surface area (Å²) in [5.41, 5.74) is 1.24.